The van der Waals surface area contributed by atoms with E-state index in [4.69, 9.17) is 17.3 Å². The summed E-state index contributed by atoms with van der Waals surface area (Å²) in [6, 6.07) is 18.1. The Bertz CT molecular complexity index is 1190. The number of halogens is 1. The molecule has 2 aromatic carbocycles. The molecule has 1 aliphatic heterocycles. The van der Waals surface area contributed by atoms with Gasteiger partial charge in [0.1, 0.15) is 4.32 Å². The Hall–Kier alpha value is -2.22. The van der Waals surface area contributed by atoms with Gasteiger partial charge in [-0.2, -0.15) is 5.10 Å². The van der Waals surface area contributed by atoms with E-state index in [0.29, 0.717) is 21.7 Å². The van der Waals surface area contributed by atoms with Gasteiger partial charge in [0.15, 0.2) is 0 Å². The van der Waals surface area contributed by atoms with Gasteiger partial charge < -0.3 is 0 Å². The normalized spacial score (nSPS) is 16.0. The number of benzene rings is 2. The molecule has 7 heteroatoms. The van der Waals surface area contributed by atoms with Gasteiger partial charge in [-0.3, -0.25) is 9.69 Å². The van der Waals surface area contributed by atoms with Gasteiger partial charge in [0.25, 0.3) is 5.91 Å². The van der Waals surface area contributed by atoms with Crippen molar-refractivity contribution in [2.24, 2.45) is 5.92 Å². The summed E-state index contributed by atoms with van der Waals surface area (Å²) in [6.07, 6.45) is 8.44. The highest BCUT2D eigenvalue weighted by molar-refractivity contribution is 9.10. The summed E-state index contributed by atoms with van der Waals surface area (Å²) in [5.41, 5.74) is 3.68. The number of aromatic nitrogens is 2. The molecular formula is C27H28BrN3OS2. The number of nitrogens with zero attached hydrogens (tertiary/aromatic N) is 3. The Morgan fingerprint density at radius 1 is 1.12 bits per heavy atom. The third kappa shape index (κ3) is 5.70. The monoisotopic (exact) mass is 553 g/mol. The predicted octanol–water partition coefficient (Wildman–Crippen LogP) is 7.72. The van der Waals surface area contributed by atoms with E-state index in [1.807, 2.05) is 71.6 Å². The Morgan fingerprint density at radius 2 is 1.85 bits per heavy atom. The zero-order valence-corrected chi connectivity index (χ0v) is 22.6. The lowest BCUT2D eigenvalue weighted by molar-refractivity contribution is -0.122. The molecule has 1 amide bonds. The second kappa shape index (κ2) is 11.5. The van der Waals surface area contributed by atoms with Gasteiger partial charge in [-0.25, -0.2) is 4.68 Å². The molecule has 1 atom stereocenters. The van der Waals surface area contributed by atoms with Gasteiger partial charge in [0, 0.05) is 28.3 Å². The van der Waals surface area contributed by atoms with Gasteiger partial charge >= 0.3 is 0 Å². The topological polar surface area (TPSA) is 38.1 Å². The molecule has 34 heavy (non-hydrogen) atoms. The number of hydrogen-bond acceptors (Lipinski definition) is 4. The fraction of sp³-hybridized carbons (Fsp3) is 0.296. The summed E-state index contributed by atoms with van der Waals surface area (Å²) in [7, 11) is 0. The Labute approximate surface area is 219 Å². The molecule has 1 aromatic heterocycles. The standard InChI is InChI=1S/C27H28BrN3OS2/c1-3-5-9-19(4-2)17-30-26(32)24(34-27(30)33)16-21-18-31(23-10-7-6-8-11-23)29-25(21)20-12-14-22(28)15-13-20/h6-8,10-16,18-19H,3-5,9,17H2,1-2H3/b24-16-/t19-/m0/s1. The minimum absolute atomic E-state index is 0.000772. The van der Waals surface area contributed by atoms with Crippen LogP contribution >= 0.6 is 39.9 Å². The number of carbonyl (C=O) groups excluding carboxylic acids is 1. The first kappa shape index (κ1) is 24.9. The molecule has 176 valence electrons. The van der Waals surface area contributed by atoms with Gasteiger partial charge in [-0.15, -0.1) is 0 Å². The summed E-state index contributed by atoms with van der Waals surface area (Å²) >= 11 is 10.5. The van der Waals surface area contributed by atoms with Crippen molar-refractivity contribution in [3.63, 3.8) is 0 Å². The van der Waals surface area contributed by atoms with E-state index in [0.717, 1.165) is 39.8 Å². The van der Waals surface area contributed by atoms with E-state index in [1.165, 1.54) is 24.6 Å². The molecule has 0 spiro atoms. The van der Waals surface area contributed by atoms with Crippen LogP contribution in [0, 0.1) is 5.92 Å². The Balaban J connectivity index is 1.67. The first-order valence-corrected chi connectivity index (χ1v) is 13.7. The maximum absolute atomic E-state index is 13.3. The molecule has 4 rings (SSSR count). The van der Waals surface area contributed by atoms with Crippen LogP contribution in [0.3, 0.4) is 0 Å². The van der Waals surface area contributed by atoms with Crippen molar-refractivity contribution in [2.45, 2.75) is 39.5 Å². The summed E-state index contributed by atoms with van der Waals surface area (Å²) in [4.78, 5) is 15.8. The first-order chi connectivity index (χ1) is 16.5. The fourth-order valence-electron chi connectivity index (χ4n) is 4.01. The van der Waals surface area contributed by atoms with Crippen LogP contribution in [0.15, 0.2) is 70.2 Å². The molecule has 0 saturated carbocycles. The van der Waals surface area contributed by atoms with E-state index in [9.17, 15) is 4.79 Å². The lowest BCUT2D eigenvalue weighted by atomic mass is 9.99. The van der Waals surface area contributed by atoms with Crippen LogP contribution in [0.1, 0.15) is 45.1 Å². The van der Waals surface area contributed by atoms with Crippen LogP contribution < -0.4 is 0 Å². The highest BCUT2D eigenvalue weighted by atomic mass is 79.9. The van der Waals surface area contributed by atoms with Crippen LogP contribution in [-0.4, -0.2) is 31.5 Å². The van der Waals surface area contributed by atoms with E-state index in [-0.39, 0.29) is 5.91 Å². The molecule has 0 unspecified atom stereocenters. The average molecular weight is 555 g/mol. The number of unbranched alkanes of at least 4 members (excludes halogenated alkanes) is 1. The number of hydrogen-bond donors (Lipinski definition) is 0. The van der Waals surface area contributed by atoms with E-state index in [2.05, 4.69) is 29.8 Å². The summed E-state index contributed by atoms with van der Waals surface area (Å²) in [6.45, 7) is 5.09. The van der Waals surface area contributed by atoms with E-state index < -0.39 is 0 Å². The van der Waals surface area contributed by atoms with Crippen molar-refractivity contribution >= 4 is 56.2 Å². The highest BCUT2D eigenvalue weighted by Crippen LogP contribution is 2.36. The summed E-state index contributed by atoms with van der Waals surface area (Å²) in [5, 5.41) is 4.87. The third-order valence-corrected chi connectivity index (χ3v) is 7.93. The van der Waals surface area contributed by atoms with Crippen molar-refractivity contribution in [2.75, 3.05) is 6.54 Å². The van der Waals surface area contributed by atoms with Crippen molar-refractivity contribution in [3.8, 4) is 16.9 Å². The molecule has 1 fully saturated rings. The van der Waals surface area contributed by atoms with Crippen molar-refractivity contribution in [1.29, 1.82) is 0 Å². The summed E-state index contributed by atoms with van der Waals surface area (Å²) in [5.74, 6) is 0.472. The number of amides is 1. The lowest BCUT2D eigenvalue weighted by Gasteiger charge is -2.21. The molecule has 2 heterocycles. The van der Waals surface area contributed by atoms with Gasteiger partial charge in [-0.05, 0) is 42.7 Å². The number of thiocarbonyl (C=S) groups is 1. The maximum Gasteiger partial charge on any atom is 0.266 e. The van der Waals surface area contributed by atoms with Gasteiger partial charge in [-0.1, -0.05) is 103 Å². The molecule has 0 aliphatic carbocycles. The van der Waals surface area contributed by atoms with Crippen LogP contribution in [-0.2, 0) is 4.79 Å². The molecule has 0 bridgehead atoms. The van der Waals surface area contributed by atoms with Crippen molar-refractivity contribution in [3.05, 3.63) is 75.7 Å². The fourth-order valence-corrected chi connectivity index (χ4v) is 5.54. The average Bonchev–Trinajstić information content (AvgIpc) is 3.39. The molecule has 1 aliphatic rings. The second-order valence-electron chi connectivity index (χ2n) is 8.43. The third-order valence-electron chi connectivity index (χ3n) is 6.03. The van der Waals surface area contributed by atoms with Crippen molar-refractivity contribution < 1.29 is 4.79 Å². The number of carbonyl (C=O) groups is 1. The molecule has 1 saturated heterocycles. The van der Waals surface area contributed by atoms with E-state index >= 15 is 0 Å². The largest absolute Gasteiger partial charge is 0.293 e. The SMILES string of the molecule is CCCC[C@H](CC)CN1C(=O)/C(=C/c2cn(-c3ccccc3)nc2-c2ccc(Br)cc2)SC1=S. The number of thioether (sulfide) groups is 1. The van der Waals surface area contributed by atoms with Crippen LogP contribution in [0.2, 0.25) is 0 Å². The number of para-hydroxylation sites is 1. The first-order valence-electron chi connectivity index (χ1n) is 11.7. The molecular weight excluding hydrogens is 526 g/mol. The van der Waals surface area contributed by atoms with E-state index in [1.54, 1.807) is 4.90 Å². The Kier molecular flexibility index (Phi) is 8.40. The predicted molar refractivity (Wildman–Crippen MR) is 150 cm³/mol. The molecule has 0 N–H and O–H groups in total. The number of rotatable bonds is 9. The van der Waals surface area contributed by atoms with Crippen LogP contribution in [0.4, 0.5) is 0 Å². The second-order valence-corrected chi connectivity index (χ2v) is 11.0. The minimum Gasteiger partial charge on any atom is -0.293 e. The maximum atomic E-state index is 13.3. The van der Waals surface area contributed by atoms with Crippen LogP contribution in [0.5, 0.6) is 0 Å². The Morgan fingerprint density at radius 3 is 2.53 bits per heavy atom. The lowest BCUT2D eigenvalue weighted by Crippen LogP contribution is -2.33. The minimum atomic E-state index is -0.000772. The zero-order valence-electron chi connectivity index (χ0n) is 19.4. The molecule has 0 radical (unpaired) electrons. The van der Waals surface area contributed by atoms with Crippen LogP contribution in [0.25, 0.3) is 23.0 Å². The molecule has 3 aromatic rings. The zero-order chi connectivity index (χ0) is 24.1. The summed E-state index contributed by atoms with van der Waals surface area (Å²) < 4.78 is 3.52. The molecule has 4 nitrogen and oxygen atoms in total. The van der Waals surface area contributed by atoms with Gasteiger partial charge in [0.05, 0.1) is 16.3 Å². The smallest absolute Gasteiger partial charge is 0.266 e. The quantitative estimate of drug-likeness (QED) is 0.201. The highest BCUT2D eigenvalue weighted by Gasteiger charge is 2.33. The van der Waals surface area contributed by atoms with Gasteiger partial charge in [0.2, 0.25) is 0 Å². The van der Waals surface area contributed by atoms with Crippen molar-refractivity contribution in [1.82, 2.24) is 14.7 Å².